The lowest BCUT2D eigenvalue weighted by Crippen LogP contribution is -1.94. The third-order valence-corrected chi connectivity index (χ3v) is 2.90. The van der Waals surface area contributed by atoms with Crippen LogP contribution in [0.15, 0.2) is 16.5 Å². The lowest BCUT2D eigenvalue weighted by molar-refractivity contribution is 0.961. The predicted molar refractivity (Wildman–Crippen MR) is 56.7 cm³/mol. The summed E-state index contributed by atoms with van der Waals surface area (Å²) in [6, 6.07) is 0. The van der Waals surface area contributed by atoms with E-state index in [0.29, 0.717) is 15.2 Å². The maximum Gasteiger partial charge on any atom is 0.214 e. The van der Waals surface area contributed by atoms with Crippen LogP contribution in [0.25, 0.3) is 0 Å². The van der Waals surface area contributed by atoms with E-state index in [2.05, 4.69) is 25.1 Å². The summed E-state index contributed by atoms with van der Waals surface area (Å²) in [4.78, 5) is 11.9. The van der Waals surface area contributed by atoms with Gasteiger partial charge in [0.05, 0.1) is 0 Å². The van der Waals surface area contributed by atoms with Crippen LogP contribution in [-0.4, -0.2) is 25.1 Å². The van der Waals surface area contributed by atoms with Crippen LogP contribution in [0, 0.1) is 6.92 Å². The molecule has 0 atom stereocenters. The van der Waals surface area contributed by atoms with Gasteiger partial charge < -0.3 is 5.73 Å². The molecule has 3 N–H and O–H groups in total. The summed E-state index contributed by atoms with van der Waals surface area (Å²) >= 11 is 7.15. The maximum atomic E-state index is 5.91. The number of hydrogen-bond donors (Lipinski definition) is 2. The van der Waals surface area contributed by atoms with Crippen molar-refractivity contribution in [2.24, 2.45) is 0 Å². The average molecular weight is 243 g/mol. The van der Waals surface area contributed by atoms with Gasteiger partial charge in [-0.25, -0.2) is 15.0 Å². The minimum Gasteiger partial charge on any atom is -0.382 e. The fourth-order valence-electron chi connectivity index (χ4n) is 0.892. The number of anilines is 1. The Morgan fingerprint density at radius 1 is 1.47 bits per heavy atom. The van der Waals surface area contributed by atoms with E-state index in [1.165, 1.54) is 18.1 Å². The first-order valence-electron chi connectivity index (χ1n) is 3.99. The molecule has 0 saturated carbocycles. The Bertz CT molecular complexity index is 484. The minimum atomic E-state index is 0.251. The van der Waals surface area contributed by atoms with E-state index < -0.39 is 0 Å². The molecule has 0 bridgehead atoms. The van der Waals surface area contributed by atoms with Gasteiger partial charge in [-0.05, 0) is 18.7 Å². The first-order valence-corrected chi connectivity index (χ1v) is 5.19. The van der Waals surface area contributed by atoms with Crippen molar-refractivity contribution in [3.05, 3.63) is 17.2 Å². The number of aromatic amines is 1. The van der Waals surface area contributed by atoms with Crippen molar-refractivity contribution in [1.82, 2.24) is 25.1 Å². The Kier molecular flexibility index (Phi) is 2.74. The maximum absolute atomic E-state index is 5.91. The van der Waals surface area contributed by atoms with Gasteiger partial charge in [0, 0.05) is 0 Å². The van der Waals surface area contributed by atoms with Crippen LogP contribution in [-0.2, 0) is 0 Å². The number of rotatable bonds is 2. The molecule has 0 fully saturated rings. The van der Waals surface area contributed by atoms with E-state index in [9.17, 15) is 0 Å². The Morgan fingerprint density at radius 2 is 2.27 bits per heavy atom. The van der Waals surface area contributed by atoms with E-state index in [1.807, 2.05) is 6.92 Å². The van der Waals surface area contributed by atoms with E-state index >= 15 is 0 Å². The molecular formula is C7H7ClN6S. The highest BCUT2D eigenvalue weighted by atomic mass is 35.5. The number of nitrogens with two attached hydrogens (primary N) is 1. The number of nitrogens with one attached hydrogen (secondary N) is 1. The Hall–Kier alpha value is -1.34. The first-order chi connectivity index (χ1) is 7.16. The Morgan fingerprint density at radius 3 is 2.93 bits per heavy atom. The standard InChI is InChI=1S/C7H7ClN6S/c1-3-12-7(14-13-3)15-6-4(8)5(9)10-2-11-6/h2H,1H3,(H2,9,10,11)(H,12,13,14). The van der Waals surface area contributed by atoms with Gasteiger partial charge in [-0.2, -0.15) is 0 Å². The molecule has 2 rings (SSSR count). The molecule has 8 heteroatoms. The molecule has 15 heavy (non-hydrogen) atoms. The fourth-order valence-corrected chi connectivity index (χ4v) is 1.85. The van der Waals surface area contributed by atoms with Crippen LogP contribution in [0.2, 0.25) is 5.02 Å². The molecule has 0 aliphatic heterocycles. The molecule has 0 spiro atoms. The van der Waals surface area contributed by atoms with Crippen LogP contribution >= 0.6 is 23.4 Å². The number of aromatic nitrogens is 5. The van der Waals surface area contributed by atoms with Gasteiger partial charge in [-0.15, -0.1) is 5.10 Å². The Labute approximate surface area is 94.7 Å². The predicted octanol–water partition coefficient (Wildman–Crippen LogP) is 1.29. The molecule has 2 aromatic heterocycles. The van der Waals surface area contributed by atoms with Crippen LogP contribution in [0.5, 0.6) is 0 Å². The lowest BCUT2D eigenvalue weighted by atomic mass is 10.6. The molecule has 78 valence electrons. The summed E-state index contributed by atoms with van der Waals surface area (Å²) in [5.74, 6) is 0.983. The first kappa shape index (κ1) is 10.2. The normalized spacial score (nSPS) is 10.5. The minimum absolute atomic E-state index is 0.251. The van der Waals surface area contributed by atoms with Crippen molar-refractivity contribution in [3.63, 3.8) is 0 Å². The van der Waals surface area contributed by atoms with E-state index in [4.69, 9.17) is 17.3 Å². The SMILES string of the molecule is Cc1nc(Sc2ncnc(N)c2Cl)n[nH]1. The second-order valence-corrected chi connectivity index (χ2v) is 4.02. The van der Waals surface area contributed by atoms with Crippen LogP contribution in [0.4, 0.5) is 5.82 Å². The Balaban J connectivity index is 2.28. The number of nitrogen functional groups attached to an aromatic ring is 1. The topological polar surface area (TPSA) is 93.4 Å². The van der Waals surface area contributed by atoms with Crippen LogP contribution < -0.4 is 5.73 Å². The zero-order valence-electron chi connectivity index (χ0n) is 7.73. The van der Waals surface area contributed by atoms with Gasteiger partial charge in [0.1, 0.15) is 28.0 Å². The molecule has 0 aliphatic rings. The summed E-state index contributed by atoms with van der Waals surface area (Å²) in [6.07, 6.45) is 1.35. The van der Waals surface area contributed by atoms with Crippen molar-refractivity contribution in [1.29, 1.82) is 0 Å². The molecule has 0 aliphatic carbocycles. The van der Waals surface area contributed by atoms with E-state index in [0.717, 1.165) is 5.82 Å². The van der Waals surface area contributed by atoms with Crippen LogP contribution in [0.1, 0.15) is 5.82 Å². The van der Waals surface area contributed by atoms with Crippen LogP contribution in [0.3, 0.4) is 0 Å². The fraction of sp³-hybridized carbons (Fsp3) is 0.143. The molecule has 0 unspecified atom stereocenters. The van der Waals surface area contributed by atoms with Crippen molar-refractivity contribution in [3.8, 4) is 0 Å². The van der Waals surface area contributed by atoms with Crippen molar-refractivity contribution in [2.75, 3.05) is 5.73 Å². The van der Waals surface area contributed by atoms with Gasteiger partial charge in [0.15, 0.2) is 0 Å². The number of H-pyrrole nitrogens is 1. The molecule has 2 heterocycles. The monoisotopic (exact) mass is 242 g/mol. The summed E-state index contributed by atoms with van der Waals surface area (Å²) in [6.45, 7) is 1.81. The second kappa shape index (κ2) is 4.03. The third kappa shape index (κ3) is 2.18. The van der Waals surface area contributed by atoms with Gasteiger partial charge in [-0.3, -0.25) is 5.10 Å². The highest BCUT2D eigenvalue weighted by molar-refractivity contribution is 7.99. The molecule has 6 nitrogen and oxygen atoms in total. The number of hydrogen-bond acceptors (Lipinski definition) is 6. The molecule has 0 amide bonds. The highest BCUT2D eigenvalue weighted by Crippen LogP contribution is 2.31. The molecule has 0 radical (unpaired) electrons. The number of halogens is 1. The van der Waals surface area contributed by atoms with Crippen molar-refractivity contribution in [2.45, 2.75) is 17.1 Å². The van der Waals surface area contributed by atoms with E-state index in [1.54, 1.807) is 0 Å². The summed E-state index contributed by atoms with van der Waals surface area (Å²) in [7, 11) is 0. The quantitative estimate of drug-likeness (QED) is 0.771. The highest BCUT2D eigenvalue weighted by Gasteiger charge is 2.10. The summed E-state index contributed by atoms with van der Waals surface area (Å²) in [5, 5.41) is 8.09. The zero-order chi connectivity index (χ0) is 10.8. The van der Waals surface area contributed by atoms with Gasteiger partial charge >= 0.3 is 0 Å². The van der Waals surface area contributed by atoms with Gasteiger partial charge in [0.2, 0.25) is 5.16 Å². The average Bonchev–Trinajstić information content (AvgIpc) is 2.59. The molecular weight excluding hydrogens is 236 g/mol. The van der Waals surface area contributed by atoms with Crippen molar-refractivity contribution < 1.29 is 0 Å². The largest absolute Gasteiger partial charge is 0.382 e. The van der Waals surface area contributed by atoms with E-state index in [-0.39, 0.29) is 5.82 Å². The molecule has 0 aromatic carbocycles. The second-order valence-electron chi connectivity index (χ2n) is 2.68. The number of nitrogens with zero attached hydrogens (tertiary/aromatic N) is 4. The lowest BCUT2D eigenvalue weighted by Gasteiger charge is -2.00. The summed E-state index contributed by atoms with van der Waals surface area (Å²) < 4.78 is 0. The van der Waals surface area contributed by atoms with Crippen molar-refractivity contribution >= 4 is 29.2 Å². The number of aryl methyl sites for hydroxylation is 1. The smallest absolute Gasteiger partial charge is 0.214 e. The summed E-state index contributed by atoms with van der Waals surface area (Å²) in [5.41, 5.74) is 5.53. The molecule has 0 saturated heterocycles. The van der Waals surface area contributed by atoms with Gasteiger partial charge in [0.25, 0.3) is 0 Å². The zero-order valence-corrected chi connectivity index (χ0v) is 9.30. The third-order valence-electron chi connectivity index (χ3n) is 1.55. The van der Waals surface area contributed by atoms with Gasteiger partial charge in [-0.1, -0.05) is 11.6 Å². The molecule has 2 aromatic rings.